The van der Waals surface area contributed by atoms with E-state index in [4.69, 9.17) is 9.47 Å². The van der Waals surface area contributed by atoms with Gasteiger partial charge in [0.25, 0.3) is 0 Å². The van der Waals surface area contributed by atoms with Crippen molar-refractivity contribution in [3.63, 3.8) is 0 Å². The molecule has 3 aromatic rings. The lowest BCUT2D eigenvalue weighted by atomic mass is 10.0. The van der Waals surface area contributed by atoms with Crippen LogP contribution in [0, 0.1) is 0 Å². The van der Waals surface area contributed by atoms with E-state index in [1.165, 1.54) is 4.90 Å². The van der Waals surface area contributed by atoms with Crippen LogP contribution in [0.3, 0.4) is 0 Å². The van der Waals surface area contributed by atoms with E-state index in [1.54, 1.807) is 18.2 Å². The minimum Gasteiger partial charge on any atom is -0.486 e. The van der Waals surface area contributed by atoms with Crippen molar-refractivity contribution in [3.05, 3.63) is 90.0 Å². The molecule has 2 amide bonds. The number of hydrogen-bond acceptors (Lipinski definition) is 6. The standard InChI is InChI=1S/C30H35N3O6S/c1-22(2)31-30(35)26(18-23-10-6-4-7-11-23)32(20-24-12-8-5-9-13-24)29(34)21-33(40(3,36)37)25-14-15-27-28(19-25)39-17-16-38-27/h4-15,19,22,26H,16-18,20-21H2,1-3H3,(H,31,35)/t26-/m0/s1. The van der Waals surface area contributed by atoms with Crippen LogP contribution in [-0.2, 0) is 32.6 Å². The maximum atomic E-state index is 14.1. The van der Waals surface area contributed by atoms with Gasteiger partial charge in [0, 0.05) is 25.1 Å². The van der Waals surface area contributed by atoms with Gasteiger partial charge in [-0.05, 0) is 37.1 Å². The summed E-state index contributed by atoms with van der Waals surface area (Å²) in [6.45, 7) is 4.08. The van der Waals surface area contributed by atoms with Crippen molar-refractivity contribution < 1.29 is 27.5 Å². The van der Waals surface area contributed by atoms with Crippen LogP contribution in [0.25, 0.3) is 0 Å². The van der Waals surface area contributed by atoms with E-state index < -0.39 is 28.5 Å². The van der Waals surface area contributed by atoms with Gasteiger partial charge >= 0.3 is 0 Å². The predicted molar refractivity (Wildman–Crippen MR) is 154 cm³/mol. The Labute approximate surface area is 235 Å². The van der Waals surface area contributed by atoms with E-state index in [9.17, 15) is 18.0 Å². The van der Waals surface area contributed by atoms with Crippen molar-refractivity contribution >= 4 is 27.5 Å². The summed E-state index contributed by atoms with van der Waals surface area (Å²) in [5.74, 6) is 0.0930. The van der Waals surface area contributed by atoms with E-state index >= 15 is 0 Å². The van der Waals surface area contributed by atoms with E-state index in [1.807, 2.05) is 74.5 Å². The van der Waals surface area contributed by atoms with Crippen LogP contribution in [0.1, 0.15) is 25.0 Å². The molecule has 0 fully saturated rings. The molecule has 0 saturated heterocycles. The lowest BCUT2D eigenvalue weighted by molar-refractivity contribution is -0.140. The van der Waals surface area contributed by atoms with Gasteiger partial charge in [0.05, 0.1) is 11.9 Å². The fourth-order valence-electron chi connectivity index (χ4n) is 4.52. The highest BCUT2D eigenvalue weighted by molar-refractivity contribution is 7.92. The number of amides is 2. The van der Waals surface area contributed by atoms with Crippen LogP contribution in [-0.4, -0.2) is 63.2 Å². The number of rotatable bonds is 11. The SMILES string of the molecule is CC(C)NC(=O)[C@H](Cc1ccccc1)N(Cc1ccccc1)C(=O)CN(c1ccc2c(c1)OCCO2)S(C)(=O)=O. The Hall–Kier alpha value is -4.05. The fourth-order valence-corrected chi connectivity index (χ4v) is 5.36. The zero-order valence-corrected chi connectivity index (χ0v) is 23.8. The van der Waals surface area contributed by atoms with Gasteiger partial charge in [-0.1, -0.05) is 60.7 Å². The third-order valence-electron chi connectivity index (χ3n) is 6.39. The van der Waals surface area contributed by atoms with Gasteiger partial charge in [0.15, 0.2) is 11.5 Å². The Morgan fingerprint density at radius 1 is 0.875 bits per heavy atom. The van der Waals surface area contributed by atoms with Crippen molar-refractivity contribution in [1.82, 2.24) is 10.2 Å². The Morgan fingerprint density at radius 2 is 1.48 bits per heavy atom. The number of ether oxygens (including phenoxy) is 2. The summed E-state index contributed by atoms with van der Waals surface area (Å²) in [7, 11) is -3.88. The van der Waals surface area contributed by atoms with Gasteiger partial charge in [-0.2, -0.15) is 0 Å². The molecule has 0 aliphatic carbocycles. The molecule has 1 aliphatic rings. The van der Waals surface area contributed by atoms with Crippen LogP contribution in [0.4, 0.5) is 5.69 Å². The Morgan fingerprint density at radius 3 is 2.08 bits per heavy atom. The molecule has 10 heteroatoms. The molecule has 0 unspecified atom stereocenters. The third kappa shape index (κ3) is 7.53. The summed E-state index contributed by atoms with van der Waals surface area (Å²) in [5.41, 5.74) is 1.96. The molecule has 1 N–H and O–H groups in total. The second-order valence-electron chi connectivity index (χ2n) is 9.97. The van der Waals surface area contributed by atoms with Crippen molar-refractivity contribution in [2.45, 2.75) is 38.9 Å². The third-order valence-corrected chi connectivity index (χ3v) is 7.53. The Kier molecular flexibility index (Phi) is 9.31. The molecule has 0 bridgehead atoms. The first-order valence-corrected chi connectivity index (χ1v) is 15.0. The number of hydrogen-bond donors (Lipinski definition) is 1. The zero-order chi connectivity index (χ0) is 28.7. The second kappa shape index (κ2) is 12.9. The summed E-state index contributed by atoms with van der Waals surface area (Å²) < 4.78 is 38.2. The quantitative estimate of drug-likeness (QED) is 0.382. The molecule has 0 radical (unpaired) electrons. The maximum absolute atomic E-state index is 14.1. The minimum absolute atomic E-state index is 0.126. The molecule has 1 aliphatic heterocycles. The summed E-state index contributed by atoms with van der Waals surface area (Å²) in [6, 6.07) is 22.5. The molecule has 40 heavy (non-hydrogen) atoms. The fraction of sp³-hybridized carbons (Fsp3) is 0.333. The molecule has 1 heterocycles. The number of nitrogens with zero attached hydrogens (tertiary/aromatic N) is 2. The Bertz CT molecular complexity index is 1410. The predicted octanol–water partition coefficient (Wildman–Crippen LogP) is 3.39. The first-order valence-electron chi connectivity index (χ1n) is 13.2. The number of carbonyl (C=O) groups excluding carboxylic acids is 2. The van der Waals surface area contributed by atoms with Crippen LogP contribution >= 0.6 is 0 Å². The largest absolute Gasteiger partial charge is 0.486 e. The van der Waals surface area contributed by atoms with Crippen LogP contribution in [0.15, 0.2) is 78.9 Å². The normalized spacial score (nSPS) is 13.4. The lowest BCUT2D eigenvalue weighted by Gasteiger charge is -2.34. The van der Waals surface area contributed by atoms with Gasteiger partial charge in [-0.3, -0.25) is 13.9 Å². The highest BCUT2D eigenvalue weighted by Crippen LogP contribution is 2.34. The molecule has 3 aromatic carbocycles. The highest BCUT2D eigenvalue weighted by atomic mass is 32.2. The number of fused-ring (bicyclic) bond motifs is 1. The smallest absolute Gasteiger partial charge is 0.244 e. The van der Waals surface area contributed by atoms with Crippen molar-refractivity contribution in [3.8, 4) is 11.5 Å². The summed E-state index contributed by atoms with van der Waals surface area (Å²) >= 11 is 0. The van der Waals surface area contributed by atoms with Crippen LogP contribution in [0.5, 0.6) is 11.5 Å². The lowest BCUT2D eigenvalue weighted by Crippen LogP contribution is -2.54. The van der Waals surface area contributed by atoms with E-state index in [0.29, 0.717) is 24.7 Å². The second-order valence-corrected chi connectivity index (χ2v) is 11.9. The number of sulfonamides is 1. The number of carbonyl (C=O) groups is 2. The molecule has 9 nitrogen and oxygen atoms in total. The topological polar surface area (TPSA) is 105 Å². The van der Waals surface area contributed by atoms with Crippen LogP contribution < -0.4 is 19.1 Å². The van der Waals surface area contributed by atoms with E-state index in [2.05, 4.69) is 5.32 Å². The first kappa shape index (κ1) is 28.9. The number of benzene rings is 3. The maximum Gasteiger partial charge on any atom is 0.244 e. The van der Waals surface area contributed by atoms with Crippen molar-refractivity contribution in [2.75, 3.05) is 30.3 Å². The van der Waals surface area contributed by atoms with Gasteiger partial charge in [0.2, 0.25) is 21.8 Å². The molecule has 1 atom stereocenters. The first-order chi connectivity index (χ1) is 19.1. The number of anilines is 1. The monoisotopic (exact) mass is 565 g/mol. The zero-order valence-electron chi connectivity index (χ0n) is 22.9. The van der Waals surface area contributed by atoms with Gasteiger partial charge in [-0.15, -0.1) is 0 Å². The van der Waals surface area contributed by atoms with Crippen molar-refractivity contribution in [1.29, 1.82) is 0 Å². The van der Waals surface area contributed by atoms with Gasteiger partial charge in [0.1, 0.15) is 25.8 Å². The van der Waals surface area contributed by atoms with E-state index in [-0.39, 0.29) is 30.6 Å². The van der Waals surface area contributed by atoms with Gasteiger partial charge in [-0.25, -0.2) is 8.42 Å². The molecular weight excluding hydrogens is 530 g/mol. The molecule has 0 spiro atoms. The Balaban J connectivity index is 1.71. The molecule has 4 rings (SSSR count). The van der Waals surface area contributed by atoms with Crippen molar-refractivity contribution in [2.24, 2.45) is 0 Å². The number of nitrogens with one attached hydrogen (secondary N) is 1. The average molecular weight is 566 g/mol. The molecular formula is C30H35N3O6S. The highest BCUT2D eigenvalue weighted by Gasteiger charge is 2.33. The molecule has 0 aromatic heterocycles. The van der Waals surface area contributed by atoms with Gasteiger partial charge < -0.3 is 19.7 Å². The van der Waals surface area contributed by atoms with E-state index in [0.717, 1.165) is 21.7 Å². The summed E-state index contributed by atoms with van der Waals surface area (Å²) in [6.07, 6.45) is 1.31. The summed E-state index contributed by atoms with van der Waals surface area (Å²) in [4.78, 5) is 29.1. The molecule has 212 valence electrons. The van der Waals surface area contributed by atoms with Crippen LogP contribution in [0.2, 0.25) is 0 Å². The minimum atomic E-state index is -3.88. The molecule has 0 saturated carbocycles. The summed E-state index contributed by atoms with van der Waals surface area (Å²) in [5, 5.41) is 2.94. The average Bonchev–Trinajstić information content (AvgIpc) is 2.93.